The van der Waals surface area contributed by atoms with E-state index in [2.05, 4.69) is 5.32 Å². The molecule has 0 saturated carbocycles. The molecule has 0 radical (unpaired) electrons. The summed E-state index contributed by atoms with van der Waals surface area (Å²) in [6.45, 7) is 5.06. The fourth-order valence-corrected chi connectivity index (χ4v) is 2.57. The summed E-state index contributed by atoms with van der Waals surface area (Å²) in [4.78, 5) is 41.4. The largest absolute Gasteiger partial charge is 0.488 e. The Morgan fingerprint density at radius 3 is 2.30 bits per heavy atom. The van der Waals surface area contributed by atoms with Crippen molar-refractivity contribution in [2.45, 2.75) is 46.1 Å². The number of carboxylic acids is 1. The summed E-state index contributed by atoms with van der Waals surface area (Å²) in [7, 11) is 0. The van der Waals surface area contributed by atoms with Gasteiger partial charge < -0.3 is 20.0 Å². The zero-order valence-electron chi connectivity index (χ0n) is 17.3. The van der Waals surface area contributed by atoms with Crippen molar-refractivity contribution in [1.82, 2.24) is 10.0 Å². The maximum absolute atomic E-state index is 12.4. The first-order valence-corrected chi connectivity index (χ1v) is 10.1. The number of carboxylic acid groups (broad SMARTS) is 1. The van der Waals surface area contributed by atoms with Gasteiger partial charge in [-0.05, 0) is 37.1 Å². The molecule has 1 amide bonds. The zero-order chi connectivity index (χ0) is 21.9. The molecule has 0 saturated heterocycles. The Labute approximate surface area is 175 Å². The third kappa shape index (κ3) is 6.65. The number of hydrogen-bond donors (Lipinski definition) is 2. The highest BCUT2D eigenvalue weighted by molar-refractivity contribution is 5.95. The maximum Gasteiger partial charge on any atom is 0.335 e. The van der Waals surface area contributed by atoms with Gasteiger partial charge in [0.25, 0.3) is 5.91 Å². The first kappa shape index (κ1) is 23.0. The second kappa shape index (κ2) is 11.6. The topological polar surface area (TPSA) is 107 Å². The standard InChI is InChI=1S/C22H28N2O6/c1-3-5-11-29-20-15-24(30-12-6-4-2)18(13-19(20)25)14-23-21(26)16-7-9-17(10-8-16)22(27)28/h7-10,13,15H,3-6,11-12,14H2,1-2H3,(H,23,26)(H,27,28). The first-order chi connectivity index (χ1) is 14.5. The quantitative estimate of drug-likeness (QED) is 0.515. The lowest BCUT2D eigenvalue weighted by Gasteiger charge is -2.16. The summed E-state index contributed by atoms with van der Waals surface area (Å²) >= 11 is 0. The van der Waals surface area contributed by atoms with E-state index in [0.717, 1.165) is 25.7 Å². The van der Waals surface area contributed by atoms with Crippen LogP contribution in [0.25, 0.3) is 0 Å². The predicted octanol–water partition coefficient (Wildman–Crippen LogP) is 2.88. The van der Waals surface area contributed by atoms with Crippen molar-refractivity contribution in [3.63, 3.8) is 0 Å². The Morgan fingerprint density at radius 1 is 1.03 bits per heavy atom. The van der Waals surface area contributed by atoms with Gasteiger partial charge in [0, 0.05) is 11.6 Å². The second-order valence-electron chi connectivity index (χ2n) is 6.77. The van der Waals surface area contributed by atoms with Crippen LogP contribution in [0.5, 0.6) is 5.75 Å². The van der Waals surface area contributed by atoms with Crippen LogP contribution in [0.2, 0.25) is 0 Å². The lowest BCUT2D eigenvalue weighted by atomic mass is 10.1. The summed E-state index contributed by atoms with van der Waals surface area (Å²) < 4.78 is 7.02. The summed E-state index contributed by atoms with van der Waals surface area (Å²) in [5, 5.41) is 11.7. The van der Waals surface area contributed by atoms with Gasteiger partial charge in [-0.2, -0.15) is 4.73 Å². The molecule has 1 aromatic heterocycles. The number of amides is 1. The number of ether oxygens (including phenoxy) is 1. The molecule has 2 aromatic rings. The molecule has 1 aromatic carbocycles. The Bertz CT molecular complexity index is 905. The van der Waals surface area contributed by atoms with Crippen molar-refractivity contribution in [2.75, 3.05) is 13.2 Å². The van der Waals surface area contributed by atoms with E-state index < -0.39 is 5.97 Å². The predicted molar refractivity (Wildman–Crippen MR) is 112 cm³/mol. The van der Waals surface area contributed by atoms with Crippen molar-refractivity contribution >= 4 is 11.9 Å². The molecule has 0 atom stereocenters. The summed E-state index contributed by atoms with van der Waals surface area (Å²) in [6, 6.07) is 7.00. The number of rotatable bonds is 12. The molecule has 0 aliphatic rings. The van der Waals surface area contributed by atoms with Gasteiger partial charge in [0.05, 0.1) is 30.6 Å². The Hall–Kier alpha value is -3.29. The third-order valence-corrected chi connectivity index (χ3v) is 4.37. The summed E-state index contributed by atoms with van der Waals surface area (Å²) in [5.41, 5.74) is 0.620. The number of benzene rings is 1. The molecular formula is C22H28N2O6. The summed E-state index contributed by atoms with van der Waals surface area (Å²) in [5.74, 6) is -1.24. The minimum absolute atomic E-state index is 0.0656. The number of nitrogens with one attached hydrogen (secondary N) is 1. The van der Waals surface area contributed by atoms with Crippen molar-refractivity contribution < 1.29 is 24.3 Å². The summed E-state index contributed by atoms with van der Waals surface area (Å²) in [6.07, 6.45) is 5.11. The molecule has 8 heteroatoms. The van der Waals surface area contributed by atoms with E-state index in [0.29, 0.717) is 24.5 Å². The minimum Gasteiger partial charge on any atom is -0.488 e. The van der Waals surface area contributed by atoms with Gasteiger partial charge in [0.2, 0.25) is 5.43 Å². The molecular weight excluding hydrogens is 388 g/mol. The van der Waals surface area contributed by atoms with Crippen LogP contribution in [0, 0.1) is 0 Å². The molecule has 1 heterocycles. The average molecular weight is 416 g/mol. The van der Waals surface area contributed by atoms with Crippen molar-refractivity contribution in [3.8, 4) is 5.75 Å². The number of carbonyl (C=O) groups excluding carboxylic acids is 1. The second-order valence-corrected chi connectivity index (χ2v) is 6.77. The van der Waals surface area contributed by atoms with Gasteiger partial charge >= 0.3 is 5.97 Å². The molecule has 0 bridgehead atoms. The lowest BCUT2D eigenvalue weighted by Crippen LogP contribution is -2.28. The fraction of sp³-hybridized carbons (Fsp3) is 0.409. The molecule has 162 valence electrons. The Morgan fingerprint density at radius 2 is 1.67 bits per heavy atom. The zero-order valence-corrected chi connectivity index (χ0v) is 17.3. The Kier molecular flexibility index (Phi) is 8.93. The van der Waals surface area contributed by atoms with E-state index >= 15 is 0 Å². The van der Waals surface area contributed by atoms with Crippen LogP contribution >= 0.6 is 0 Å². The van der Waals surface area contributed by atoms with Gasteiger partial charge in [-0.1, -0.05) is 26.7 Å². The molecule has 0 unspecified atom stereocenters. The molecule has 2 rings (SSSR count). The third-order valence-electron chi connectivity index (χ3n) is 4.37. The monoisotopic (exact) mass is 416 g/mol. The number of aromatic carboxylic acids is 1. The SMILES string of the molecule is CCCCOc1cn(OCCCC)c(CNC(=O)c2ccc(C(=O)O)cc2)cc1=O. The van der Waals surface area contributed by atoms with Crippen LogP contribution in [0.4, 0.5) is 0 Å². The van der Waals surface area contributed by atoms with E-state index in [1.54, 1.807) is 0 Å². The van der Waals surface area contributed by atoms with Crippen LogP contribution in [0.15, 0.2) is 41.3 Å². The van der Waals surface area contributed by atoms with Gasteiger partial charge in [-0.3, -0.25) is 9.59 Å². The van der Waals surface area contributed by atoms with E-state index in [-0.39, 0.29) is 29.2 Å². The van der Waals surface area contributed by atoms with E-state index in [1.165, 1.54) is 41.3 Å². The van der Waals surface area contributed by atoms with E-state index in [1.807, 2.05) is 13.8 Å². The highest BCUT2D eigenvalue weighted by Crippen LogP contribution is 2.09. The van der Waals surface area contributed by atoms with Gasteiger partial charge in [0.1, 0.15) is 6.61 Å². The van der Waals surface area contributed by atoms with Crippen molar-refractivity contribution in [1.29, 1.82) is 0 Å². The van der Waals surface area contributed by atoms with Crippen LogP contribution in [-0.4, -0.2) is 34.9 Å². The molecule has 0 spiro atoms. The van der Waals surface area contributed by atoms with Crippen LogP contribution in [0.1, 0.15) is 65.9 Å². The number of carbonyl (C=O) groups is 2. The van der Waals surface area contributed by atoms with Gasteiger partial charge in [0.15, 0.2) is 5.75 Å². The van der Waals surface area contributed by atoms with Crippen molar-refractivity contribution in [2.24, 2.45) is 0 Å². The fourth-order valence-electron chi connectivity index (χ4n) is 2.57. The van der Waals surface area contributed by atoms with E-state index in [9.17, 15) is 14.4 Å². The number of pyridine rings is 1. The van der Waals surface area contributed by atoms with Gasteiger partial charge in [-0.25, -0.2) is 4.79 Å². The molecule has 0 aliphatic carbocycles. The molecule has 2 N–H and O–H groups in total. The smallest absolute Gasteiger partial charge is 0.335 e. The highest BCUT2D eigenvalue weighted by atomic mass is 16.7. The van der Waals surface area contributed by atoms with Crippen LogP contribution < -0.4 is 20.3 Å². The molecule has 0 fully saturated rings. The van der Waals surface area contributed by atoms with Crippen LogP contribution in [-0.2, 0) is 6.54 Å². The molecule has 0 aliphatic heterocycles. The number of aromatic nitrogens is 1. The van der Waals surface area contributed by atoms with Crippen LogP contribution in [0.3, 0.4) is 0 Å². The normalized spacial score (nSPS) is 10.5. The highest BCUT2D eigenvalue weighted by Gasteiger charge is 2.12. The molecule has 30 heavy (non-hydrogen) atoms. The lowest BCUT2D eigenvalue weighted by molar-refractivity contribution is 0.0696. The van der Waals surface area contributed by atoms with Crippen molar-refractivity contribution in [3.05, 3.63) is 63.6 Å². The maximum atomic E-state index is 12.4. The van der Waals surface area contributed by atoms with Gasteiger partial charge in [-0.15, -0.1) is 0 Å². The number of hydrogen-bond acceptors (Lipinski definition) is 5. The molecule has 8 nitrogen and oxygen atoms in total. The number of unbranched alkanes of at least 4 members (excludes halogenated alkanes) is 2. The Balaban J connectivity index is 2.13. The first-order valence-electron chi connectivity index (χ1n) is 10.1. The number of nitrogens with zero attached hydrogens (tertiary/aromatic N) is 1. The minimum atomic E-state index is -1.06. The average Bonchev–Trinajstić information content (AvgIpc) is 2.74. The van der Waals surface area contributed by atoms with E-state index in [4.69, 9.17) is 14.7 Å².